The third-order valence-corrected chi connectivity index (χ3v) is 17.2. The molecule has 13 aromatic rings. The maximum Gasteiger partial charge on any atom is 0.131 e. The van der Waals surface area contributed by atoms with Gasteiger partial charge in [0.05, 0.1) is 22.1 Å². The molecule has 0 aliphatic rings. The molecule has 0 unspecified atom stereocenters. The van der Waals surface area contributed by atoms with Gasteiger partial charge in [0.2, 0.25) is 0 Å². The molecule has 0 fully saturated rings. The number of para-hydroxylation sites is 4. The lowest BCUT2D eigenvalue weighted by Crippen LogP contribution is -2.05. The van der Waals surface area contributed by atoms with E-state index in [2.05, 4.69) is 275 Å². The maximum absolute atomic E-state index is 2.53. The second-order valence-electron chi connectivity index (χ2n) is 16.9. The highest BCUT2D eigenvalue weighted by molar-refractivity contribution is 8.34. The number of hydrogen-bond donors (Lipinski definition) is 0. The van der Waals surface area contributed by atoms with E-state index < -0.39 is 10.0 Å². The molecule has 0 N–H and O–H groups in total. The molecule has 66 heavy (non-hydrogen) atoms. The van der Waals surface area contributed by atoms with Gasteiger partial charge in [-0.1, -0.05) is 140 Å². The van der Waals surface area contributed by atoms with Crippen molar-refractivity contribution in [1.29, 1.82) is 0 Å². The van der Waals surface area contributed by atoms with E-state index in [1.807, 2.05) is 0 Å². The largest absolute Gasteiger partial charge is 0.309 e. The van der Waals surface area contributed by atoms with Crippen LogP contribution >= 0.6 is 10.0 Å². The quantitative estimate of drug-likeness (QED) is 0.145. The Kier molecular flexibility index (Phi) is 8.93. The Labute approximate surface area is 385 Å². The Morgan fingerprint density at radius 3 is 1.11 bits per heavy atom. The number of rotatable bonds is 8. The van der Waals surface area contributed by atoms with Crippen LogP contribution in [0.3, 0.4) is 0 Å². The Morgan fingerprint density at radius 1 is 0.242 bits per heavy atom. The van der Waals surface area contributed by atoms with E-state index in [0.717, 1.165) is 22.7 Å². The standard InChI is InChI=1S/C62H43N3S/c1-7-21-46(22-8-1)63-57-34-20-19-33-53(57)54-41-44(35-38-58(54)63)45-36-39-59-55(42-45)61-56-43-52(66(49-27-13-4-14-28-49,50-29-15-5-16-30-50)51-31-17-6-18-32-51)37-40-60(56)65(48-25-11-3-12-26-48)62(61)64(59)47-23-9-2-10-24-47/h1-43H. The van der Waals surface area contributed by atoms with Crippen LogP contribution in [-0.2, 0) is 0 Å². The lowest BCUT2D eigenvalue weighted by molar-refractivity contribution is 1.07. The first-order chi connectivity index (χ1) is 32.8. The summed E-state index contributed by atoms with van der Waals surface area (Å²) in [5.41, 5.74) is 11.7. The van der Waals surface area contributed by atoms with Crippen LogP contribution < -0.4 is 0 Å². The predicted molar refractivity (Wildman–Crippen MR) is 277 cm³/mol. The molecule has 3 nitrogen and oxygen atoms in total. The molecule has 0 saturated carbocycles. The summed E-state index contributed by atoms with van der Waals surface area (Å²) in [6.07, 6.45) is 0. The summed E-state index contributed by atoms with van der Waals surface area (Å²) in [7, 11) is -1.95. The highest BCUT2D eigenvalue weighted by atomic mass is 32.3. The zero-order valence-corrected chi connectivity index (χ0v) is 36.9. The van der Waals surface area contributed by atoms with Crippen molar-refractivity contribution >= 4 is 64.7 Å². The van der Waals surface area contributed by atoms with Gasteiger partial charge < -0.3 is 4.57 Å². The minimum atomic E-state index is -1.95. The summed E-state index contributed by atoms with van der Waals surface area (Å²) in [5.74, 6) is 0. The average molecular weight is 862 g/mol. The fraction of sp³-hybridized carbons (Fsp3) is 0. The Balaban J connectivity index is 1.14. The van der Waals surface area contributed by atoms with E-state index in [1.54, 1.807) is 0 Å². The fourth-order valence-electron chi connectivity index (χ4n) is 10.5. The van der Waals surface area contributed by atoms with E-state index in [4.69, 9.17) is 0 Å². The van der Waals surface area contributed by atoms with Crippen LogP contribution in [0.4, 0.5) is 0 Å². The van der Waals surface area contributed by atoms with Crippen LogP contribution in [0.2, 0.25) is 0 Å². The number of fused-ring (bicyclic) bond motifs is 8. The molecule has 10 aromatic carbocycles. The first kappa shape index (κ1) is 38.2. The summed E-state index contributed by atoms with van der Waals surface area (Å²) in [5, 5.41) is 6.17. The molecule has 0 aliphatic heterocycles. The minimum absolute atomic E-state index is 1.12. The molecule has 0 radical (unpaired) electrons. The van der Waals surface area contributed by atoms with Crippen LogP contribution in [0.5, 0.6) is 0 Å². The van der Waals surface area contributed by atoms with Crippen LogP contribution in [0.1, 0.15) is 0 Å². The first-order valence-electron chi connectivity index (χ1n) is 22.6. The second-order valence-corrected chi connectivity index (χ2v) is 20.0. The molecule has 312 valence electrons. The number of nitrogens with zero attached hydrogens (tertiary/aromatic N) is 3. The van der Waals surface area contributed by atoms with Gasteiger partial charge in [-0.15, -0.1) is 10.0 Å². The highest BCUT2D eigenvalue weighted by Gasteiger charge is 2.34. The zero-order valence-electron chi connectivity index (χ0n) is 36.1. The zero-order chi connectivity index (χ0) is 43.6. The maximum atomic E-state index is 2.53. The molecule has 4 heteroatoms. The lowest BCUT2D eigenvalue weighted by Gasteiger charge is -2.42. The molecular formula is C62H43N3S. The molecule has 0 saturated heterocycles. The third-order valence-electron chi connectivity index (χ3n) is 13.3. The highest BCUT2D eigenvalue weighted by Crippen LogP contribution is 2.73. The van der Waals surface area contributed by atoms with Crippen molar-refractivity contribution in [2.45, 2.75) is 19.6 Å². The van der Waals surface area contributed by atoms with E-state index in [9.17, 15) is 0 Å². The molecule has 0 atom stereocenters. The summed E-state index contributed by atoms with van der Waals surface area (Å²) in [4.78, 5) is 5.21. The number of benzene rings is 10. The monoisotopic (exact) mass is 861 g/mol. The van der Waals surface area contributed by atoms with Crippen molar-refractivity contribution in [2.24, 2.45) is 0 Å². The second kappa shape index (κ2) is 15.4. The first-order valence-corrected chi connectivity index (χ1v) is 24.2. The van der Waals surface area contributed by atoms with Gasteiger partial charge in [-0.2, -0.15) is 0 Å². The van der Waals surface area contributed by atoms with E-state index in [1.165, 1.54) is 79.7 Å². The van der Waals surface area contributed by atoms with Gasteiger partial charge in [-0.25, -0.2) is 0 Å². The SMILES string of the molecule is c1ccc(-n2c3ccccc3c3cc(-c4ccc5c(c4)c4c6cc(S(c7ccccc7)(c7ccccc7)c7ccccc7)ccc6n(-c6ccccc6)c4n5-c4ccccc4)ccc32)cc1. The van der Waals surface area contributed by atoms with Gasteiger partial charge >= 0.3 is 0 Å². The Hall–Kier alpha value is -8.31. The molecule has 0 bridgehead atoms. The molecule has 3 aromatic heterocycles. The Bertz CT molecular complexity index is 3800. The molecule has 3 heterocycles. The average Bonchev–Trinajstić information content (AvgIpc) is 4.03. The normalized spacial score (nSPS) is 12.2. The molecule has 0 amide bonds. The van der Waals surface area contributed by atoms with Gasteiger partial charge in [0.1, 0.15) is 5.65 Å². The van der Waals surface area contributed by atoms with Crippen LogP contribution in [0, 0.1) is 0 Å². The predicted octanol–water partition coefficient (Wildman–Crippen LogP) is 16.8. The van der Waals surface area contributed by atoms with Crippen molar-refractivity contribution in [3.63, 3.8) is 0 Å². The van der Waals surface area contributed by atoms with E-state index in [-0.39, 0.29) is 0 Å². The minimum Gasteiger partial charge on any atom is -0.309 e. The van der Waals surface area contributed by atoms with Gasteiger partial charge in [0, 0.05) is 63.6 Å². The summed E-state index contributed by atoms with van der Waals surface area (Å²) in [6.45, 7) is 0. The van der Waals surface area contributed by atoms with Crippen molar-refractivity contribution < 1.29 is 0 Å². The van der Waals surface area contributed by atoms with E-state index in [0.29, 0.717) is 0 Å². The summed E-state index contributed by atoms with van der Waals surface area (Å²) in [6, 6.07) is 96.1. The van der Waals surface area contributed by atoms with Gasteiger partial charge in [-0.3, -0.25) is 9.13 Å². The van der Waals surface area contributed by atoms with E-state index >= 15 is 0 Å². The van der Waals surface area contributed by atoms with Crippen molar-refractivity contribution in [3.05, 3.63) is 261 Å². The summed E-state index contributed by atoms with van der Waals surface area (Å²) < 4.78 is 7.35. The summed E-state index contributed by atoms with van der Waals surface area (Å²) >= 11 is 0. The molecule has 13 rings (SSSR count). The van der Waals surface area contributed by atoms with Crippen LogP contribution in [0.15, 0.2) is 280 Å². The molecule has 0 spiro atoms. The molecule has 0 aliphatic carbocycles. The van der Waals surface area contributed by atoms with Crippen molar-refractivity contribution in [3.8, 4) is 28.2 Å². The van der Waals surface area contributed by atoms with Gasteiger partial charge in [0.25, 0.3) is 0 Å². The Morgan fingerprint density at radius 2 is 0.606 bits per heavy atom. The lowest BCUT2D eigenvalue weighted by atomic mass is 10.0. The van der Waals surface area contributed by atoms with Crippen molar-refractivity contribution in [1.82, 2.24) is 13.7 Å². The van der Waals surface area contributed by atoms with Crippen LogP contribution in [-0.4, -0.2) is 13.7 Å². The smallest absolute Gasteiger partial charge is 0.131 e. The van der Waals surface area contributed by atoms with Gasteiger partial charge in [-0.05, 0) is 132 Å². The van der Waals surface area contributed by atoms with Gasteiger partial charge in [0.15, 0.2) is 0 Å². The number of aromatic nitrogens is 3. The van der Waals surface area contributed by atoms with Crippen LogP contribution in [0.25, 0.3) is 82.8 Å². The number of hydrogen-bond acceptors (Lipinski definition) is 0. The fourth-order valence-corrected chi connectivity index (χ4v) is 14.4. The third kappa shape index (κ3) is 5.78. The topological polar surface area (TPSA) is 14.8 Å². The van der Waals surface area contributed by atoms with Crippen molar-refractivity contribution in [2.75, 3.05) is 0 Å². The molecular weight excluding hydrogens is 819 g/mol.